The molecule has 1 atom stereocenters. The summed E-state index contributed by atoms with van der Waals surface area (Å²) in [6.45, 7) is 14.1. The minimum atomic E-state index is -0.0893. The van der Waals surface area contributed by atoms with Gasteiger partial charge in [-0.1, -0.05) is 70.9 Å². The van der Waals surface area contributed by atoms with Gasteiger partial charge in [-0.15, -0.1) is 0 Å². The summed E-state index contributed by atoms with van der Waals surface area (Å²) in [5.41, 5.74) is 3.26. The Hall–Kier alpha value is -2.10. The van der Waals surface area contributed by atoms with Crippen molar-refractivity contribution >= 4 is 5.91 Å². The third-order valence-electron chi connectivity index (χ3n) is 3.78. The number of nitrogens with one attached hydrogen (secondary N) is 1. The van der Waals surface area contributed by atoms with Crippen LogP contribution in [-0.4, -0.2) is 15.5 Å². The first-order valence-electron chi connectivity index (χ1n) is 9.91. The summed E-state index contributed by atoms with van der Waals surface area (Å²) >= 11 is 0. The van der Waals surface area contributed by atoms with Crippen LogP contribution >= 0.6 is 0 Å². The molecule has 4 nitrogen and oxygen atoms in total. The number of aryl methyl sites for hydroxylation is 2. The molecule has 0 saturated carbocycles. The number of nitrogens with zero attached hydrogens (tertiary/aromatic N) is 2. The third kappa shape index (κ3) is 7.42. The number of unbranched alkanes of at least 4 members (excludes halogenated alkanes) is 1. The standard InChI is InChI=1S/C18H25N3O.2C2H6/c1-5-6-7-17(22)19-14(3)18-20-16(12-21(18)4)15-10-8-13(2)9-11-15;2*1-2/h8-12,14H,5-7H2,1-4H3,(H,19,22);2*1-2H3. The Morgan fingerprint density at radius 1 is 1.15 bits per heavy atom. The Bertz CT molecular complexity index is 629. The first-order valence-corrected chi connectivity index (χ1v) is 9.91. The van der Waals surface area contributed by atoms with E-state index in [1.54, 1.807) is 0 Å². The van der Waals surface area contributed by atoms with Gasteiger partial charge >= 0.3 is 0 Å². The van der Waals surface area contributed by atoms with E-state index in [0.717, 1.165) is 29.9 Å². The van der Waals surface area contributed by atoms with E-state index >= 15 is 0 Å². The van der Waals surface area contributed by atoms with Crippen LogP contribution in [0.25, 0.3) is 11.3 Å². The maximum atomic E-state index is 11.9. The Morgan fingerprint density at radius 3 is 2.27 bits per heavy atom. The summed E-state index contributed by atoms with van der Waals surface area (Å²) in [7, 11) is 1.97. The number of carbonyl (C=O) groups is 1. The summed E-state index contributed by atoms with van der Waals surface area (Å²) in [4.78, 5) is 16.6. The van der Waals surface area contributed by atoms with Gasteiger partial charge in [-0.25, -0.2) is 4.98 Å². The second kappa shape index (κ2) is 13.2. The van der Waals surface area contributed by atoms with E-state index in [9.17, 15) is 4.79 Å². The molecular formula is C22H37N3O. The quantitative estimate of drug-likeness (QED) is 0.707. The molecule has 4 heteroatoms. The first-order chi connectivity index (χ1) is 12.5. The predicted octanol–water partition coefficient (Wildman–Crippen LogP) is 5.82. The molecule has 0 fully saturated rings. The molecule has 0 bridgehead atoms. The molecule has 0 aliphatic rings. The van der Waals surface area contributed by atoms with E-state index in [1.807, 2.05) is 52.4 Å². The predicted molar refractivity (Wildman–Crippen MR) is 112 cm³/mol. The van der Waals surface area contributed by atoms with Gasteiger partial charge in [-0.2, -0.15) is 0 Å². The average molecular weight is 360 g/mol. The van der Waals surface area contributed by atoms with Crippen LogP contribution in [0.1, 0.15) is 78.2 Å². The lowest BCUT2D eigenvalue weighted by molar-refractivity contribution is -0.121. The highest BCUT2D eigenvalue weighted by molar-refractivity contribution is 5.76. The Kier molecular flexibility index (Phi) is 12.1. The van der Waals surface area contributed by atoms with Crippen molar-refractivity contribution < 1.29 is 4.79 Å². The van der Waals surface area contributed by atoms with Gasteiger partial charge < -0.3 is 9.88 Å². The molecule has 0 aliphatic carbocycles. The monoisotopic (exact) mass is 359 g/mol. The summed E-state index contributed by atoms with van der Waals surface area (Å²) in [5, 5.41) is 3.02. The van der Waals surface area contributed by atoms with Gasteiger partial charge in [-0.3, -0.25) is 4.79 Å². The van der Waals surface area contributed by atoms with Gasteiger partial charge in [0.25, 0.3) is 0 Å². The number of aromatic nitrogens is 2. The molecule has 2 aromatic rings. The van der Waals surface area contributed by atoms with Crippen LogP contribution in [0.2, 0.25) is 0 Å². The van der Waals surface area contributed by atoms with Crippen LogP contribution < -0.4 is 5.32 Å². The maximum absolute atomic E-state index is 11.9. The van der Waals surface area contributed by atoms with Gasteiger partial charge in [0.15, 0.2) is 0 Å². The summed E-state index contributed by atoms with van der Waals surface area (Å²) in [6, 6.07) is 8.23. The molecule has 1 heterocycles. The SMILES string of the molecule is CC.CC.CCCCC(=O)NC(C)c1nc(-c2ccc(C)cc2)cn1C. The van der Waals surface area contributed by atoms with Crippen LogP contribution in [0.4, 0.5) is 0 Å². The van der Waals surface area contributed by atoms with E-state index < -0.39 is 0 Å². The lowest BCUT2D eigenvalue weighted by Crippen LogP contribution is -2.28. The van der Waals surface area contributed by atoms with Crippen molar-refractivity contribution in [2.45, 2.75) is 73.8 Å². The fourth-order valence-electron chi connectivity index (χ4n) is 2.46. The fourth-order valence-corrected chi connectivity index (χ4v) is 2.46. The number of benzene rings is 1. The molecule has 2 rings (SSSR count). The molecule has 26 heavy (non-hydrogen) atoms. The van der Waals surface area contributed by atoms with Crippen molar-refractivity contribution in [2.24, 2.45) is 7.05 Å². The largest absolute Gasteiger partial charge is 0.346 e. The summed E-state index contributed by atoms with van der Waals surface area (Å²) < 4.78 is 1.99. The van der Waals surface area contributed by atoms with Crippen molar-refractivity contribution in [1.29, 1.82) is 0 Å². The highest BCUT2D eigenvalue weighted by Crippen LogP contribution is 2.21. The zero-order chi connectivity index (χ0) is 20.1. The van der Waals surface area contributed by atoms with E-state index in [4.69, 9.17) is 4.98 Å². The fraction of sp³-hybridized carbons (Fsp3) is 0.545. The molecule has 0 radical (unpaired) electrons. The molecule has 0 aliphatic heterocycles. The Morgan fingerprint density at radius 2 is 1.73 bits per heavy atom. The number of rotatable bonds is 6. The molecule has 1 N–H and O–H groups in total. The molecule has 1 unspecified atom stereocenters. The number of amides is 1. The first kappa shape index (κ1) is 23.9. The zero-order valence-corrected chi connectivity index (χ0v) is 17.9. The van der Waals surface area contributed by atoms with E-state index in [0.29, 0.717) is 6.42 Å². The van der Waals surface area contributed by atoms with Crippen LogP contribution in [0.15, 0.2) is 30.5 Å². The molecular weight excluding hydrogens is 322 g/mol. The molecule has 146 valence electrons. The maximum Gasteiger partial charge on any atom is 0.220 e. The molecule has 1 amide bonds. The summed E-state index contributed by atoms with van der Waals surface area (Å²) in [6.07, 6.45) is 4.54. The minimum absolute atomic E-state index is 0.0893. The Labute approximate surface area is 160 Å². The van der Waals surface area contributed by atoms with E-state index in [1.165, 1.54) is 5.56 Å². The average Bonchev–Trinajstić information content (AvgIpc) is 3.05. The highest BCUT2D eigenvalue weighted by atomic mass is 16.1. The summed E-state index contributed by atoms with van der Waals surface area (Å²) in [5.74, 6) is 0.967. The van der Waals surface area contributed by atoms with Crippen LogP contribution in [0.3, 0.4) is 0 Å². The second-order valence-electron chi connectivity index (χ2n) is 5.85. The van der Waals surface area contributed by atoms with Crippen LogP contribution in [0, 0.1) is 6.92 Å². The second-order valence-corrected chi connectivity index (χ2v) is 5.85. The van der Waals surface area contributed by atoms with Gasteiger partial charge in [-0.05, 0) is 20.3 Å². The Balaban J connectivity index is 0.00000146. The normalized spacial score (nSPS) is 10.8. The lowest BCUT2D eigenvalue weighted by Gasteiger charge is -2.13. The molecule has 1 aromatic carbocycles. The molecule has 1 aromatic heterocycles. The van der Waals surface area contributed by atoms with Gasteiger partial charge in [0.05, 0.1) is 11.7 Å². The number of hydrogen-bond donors (Lipinski definition) is 1. The number of imidazole rings is 1. The van der Waals surface area contributed by atoms with Crippen molar-refractivity contribution in [3.63, 3.8) is 0 Å². The minimum Gasteiger partial charge on any atom is -0.346 e. The van der Waals surface area contributed by atoms with Crippen LogP contribution in [0.5, 0.6) is 0 Å². The topological polar surface area (TPSA) is 46.9 Å². The number of hydrogen-bond acceptors (Lipinski definition) is 2. The third-order valence-corrected chi connectivity index (χ3v) is 3.78. The van der Waals surface area contributed by atoms with Crippen molar-refractivity contribution in [3.8, 4) is 11.3 Å². The molecule has 0 spiro atoms. The lowest BCUT2D eigenvalue weighted by atomic mass is 10.1. The van der Waals surface area contributed by atoms with Gasteiger partial charge in [0.1, 0.15) is 5.82 Å². The van der Waals surface area contributed by atoms with E-state index in [2.05, 4.69) is 43.4 Å². The van der Waals surface area contributed by atoms with E-state index in [-0.39, 0.29) is 11.9 Å². The van der Waals surface area contributed by atoms with Crippen molar-refractivity contribution in [2.75, 3.05) is 0 Å². The van der Waals surface area contributed by atoms with Crippen LogP contribution in [-0.2, 0) is 11.8 Å². The zero-order valence-electron chi connectivity index (χ0n) is 17.9. The van der Waals surface area contributed by atoms with Crippen molar-refractivity contribution in [3.05, 3.63) is 41.9 Å². The molecule has 0 saturated heterocycles. The smallest absolute Gasteiger partial charge is 0.220 e. The van der Waals surface area contributed by atoms with Crippen molar-refractivity contribution in [1.82, 2.24) is 14.9 Å². The van der Waals surface area contributed by atoms with Gasteiger partial charge in [0, 0.05) is 25.2 Å². The highest BCUT2D eigenvalue weighted by Gasteiger charge is 2.15. The van der Waals surface area contributed by atoms with Gasteiger partial charge in [0.2, 0.25) is 5.91 Å². The number of carbonyl (C=O) groups excluding carboxylic acids is 1.